The fraction of sp³-hybridized carbons (Fsp3) is 0.391. The molecule has 0 bridgehead atoms. The largest absolute Gasteiger partial charge is 0.497 e. The van der Waals surface area contributed by atoms with Crippen molar-refractivity contribution in [3.05, 3.63) is 47.0 Å². The second kappa shape index (κ2) is 10.3. The molecule has 1 atom stereocenters. The van der Waals surface area contributed by atoms with Gasteiger partial charge in [0.1, 0.15) is 5.75 Å². The number of rotatable bonds is 8. The molecule has 3 rings (SSSR count). The van der Waals surface area contributed by atoms with E-state index in [1.54, 1.807) is 7.11 Å². The van der Waals surface area contributed by atoms with Crippen LogP contribution in [-0.2, 0) is 16.0 Å². The molecule has 0 heterocycles. The fourth-order valence-corrected chi connectivity index (χ4v) is 3.95. The van der Waals surface area contributed by atoms with Crippen molar-refractivity contribution in [1.29, 1.82) is 0 Å². The van der Waals surface area contributed by atoms with E-state index in [1.807, 2.05) is 18.2 Å². The highest BCUT2D eigenvalue weighted by molar-refractivity contribution is 6.02. The number of halogens is 2. The number of ether oxygens (including phenoxy) is 4. The Bertz CT molecular complexity index is 995. The summed E-state index contributed by atoms with van der Waals surface area (Å²) in [5.41, 5.74) is 2.19. The number of fused-ring (bicyclic) bond motifs is 1. The van der Waals surface area contributed by atoms with Crippen LogP contribution < -0.4 is 19.5 Å². The van der Waals surface area contributed by atoms with Crippen LogP contribution in [0.15, 0.2) is 30.3 Å². The van der Waals surface area contributed by atoms with Crippen LogP contribution in [0.5, 0.6) is 17.2 Å². The first-order valence-corrected chi connectivity index (χ1v) is 10.1. The monoisotopic (exact) mass is 449 g/mol. The molecule has 1 unspecified atom stereocenters. The van der Waals surface area contributed by atoms with Gasteiger partial charge >= 0.3 is 12.6 Å². The van der Waals surface area contributed by atoms with Crippen molar-refractivity contribution in [2.45, 2.75) is 38.2 Å². The molecule has 1 aliphatic rings. The van der Waals surface area contributed by atoms with E-state index in [0.717, 1.165) is 42.2 Å². The van der Waals surface area contributed by atoms with E-state index >= 15 is 0 Å². The highest BCUT2D eigenvalue weighted by Crippen LogP contribution is 2.38. The van der Waals surface area contributed by atoms with Crippen LogP contribution in [0, 0.1) is 0 Å². The third-order valence-electron chi connectivity index (χ3n) is 5.42. The number of carbonyl (C=O) groups is 2. The lowest BCUT2D eigenvalue weighted by Crippen LogP contribution is -2.20. The van der Waals surface area contributed by atoms with Gasteiger partial charge in [-0.2, -0.15) is 8.78 Å². The molecule has 1 amide bonds. The summed E-state index contributed by atoms with van der Waals surface area (Å²) in [5, 5.41) is 2.65. The fourth-order valence-electron chi connectivity index (χ4n) is 3.95. The Hall–Kier alpha value is -3.36. The summed E-state index contributed by atoms with van der Waals surface area (Å²) in [6.45, 7) is -3.10. The van der Waals surface area contributed by atoms with Crippen molar-refractivity contribution in [2.75, 3.05) is 26.6 Å². The van der Waals surface area contributed by atoms with Crippen molar-refractivity contribution in [3.63, 3.8) is 0 Å². The quantitative estimate of drug-likeness (QED) is 0.596. The molecular weight excluding hydrogens is 424 g/mol. The summed E-state index contributed by atoms with van der Waals surface area (Å²) in [4.78, 5) is 25.1. The van der Waals surface area contributed by atoms with Gasteiger partial charge in [-0.25, -0.2) is 4.79 Å². The van der Waals surface area contributed by atoms with Gasteiger partial charge < -0.3 is 24.3 Å². The molecule has 0 aliphatic heterocycles. The van der Waals surface area contributed by atoms with Crippen LogP contribution in [0.2, 0.25) is 0 Å². The first-order valence-electron chi connectivity index (χ1n) is 10.1. The van der Waals surface area contributed by atoms with Crippen molar-refractivity contribution in [1.82, 2.24) is 0 Å². The number of amides is 1. The van der Waals surface area contributed by atoms with E-state index in [1.165, 1.54) is 20.3 Å². The van der Waals surface area contributed by atoms with E-state index in [4.69, 9.17) is 14.2 Å². The van der Waals surface area contributed by atoms with Crippen molar-refractivity contribution >= 4 is 17.6 Å². The second-order valence-electron chi connectivity index (χ2n) is 7.32. The van der Waals surface area contributed by atoms with Crippen LogP contribution >= 0.6 is 0 Å². The molecule has 2 aromatic rings. The number of nitrogens with one attached hydrogen (secondary N) is 1. The Labute approximate surface area is 184 Å². The first-order chi connectivity index (χ1) is 15.4. The highest BCUT2D eigenvalue weighted by Gasteiger charge is 2.25. The Morgan fingerprint density at radius 1 is 1.09 bits per heavy atom. The maximum Gasteiger partial charge on any atom is 0.387 e. The summed E-state index contributed by atoms with van der Waals surface area (Å²) < 4.78 is 45.1. The number of hydrogen-bond donors (Lipinski definition) is 1. The number of benzene rings is 2. The average Bonchev–Trinajstić information content (AvgIpc) is 2.78. The maximum atomic E-state index is 12.9. The zero-order valence-corrected chi connectivity index (χ0v) is 18.1. The topological polar surface area (TPSA) is 83.1 Å². The zero-order valence-electron chi connectivity index (χ0n) is 18.1. The van der Waals surface area contributed by atoms with E-state index < -0.39 is 12.6 Å². The van der Waals surface area contributed by atoms with Crippen LogP contribution in [0.4, 0.5) is 14.5 Å². The van der Waals surface area contributed by atoms with Crippen LogP contribution in [0.25, 0.3) is 0 Å². The minimum Gasteiger partial charge on any atom is -0.497 e. The van der Waals surface area contributed by atoms with Crippen LogP contribution in [0.3, 0.4) is 0 Å². The Morgan fingerprint density at radius 3 is 2.53 bits per heavy atom. The molecule has 1 aliphatic carbocycles. The van der Waals surface area contributed by atoms with Gasteiger partial charge in [-0.1, -0.05) is 6.07 Å². The summed E-state index contributed by atoms with van der Waals surface area (Å²) in [6.07, 6.45) is 2.83. The van der Waals surface area contributed by atoms with Gasteiger partial charge in [0.05, 0.1) is 32.6 Å². The molecular formula is C23H25F2NO6. The van der Waals surface area contributed by atoms with Crippen LogP contribution in [-0.4, -0.2) is 39.8 Å². The highest BCUT2D eigenvalue weighted by atomic mass is 19.3. The van der Waals surface area contributed by atoms with E-state index in [-0.39, 0.29) is 41.0 Å². The van der Waals surface area contributed by atoms with Gasteiger partial charge in [-0.15, -0.1) is 0 Å². The molecule has 0 fully saturated rings. The van der Waals surface area contributed by atoms with E-state index in [0.29, 0.717) is 0 Å². The Balaban J connectivity index is 1.85. The molecule has 2 aromatic carbocycles. The molecule has 7 nitrogen and oxygen atoms in total. The molecule has 0 radical (unpaired) electrons. The maximum absolute atomic E-state index is 12.9. The number of aryl methyl sites for hydroxylation is 1. The van der Waals surface area contributed by atoms with Gasteiger partial charge in [0.25, 0.3) is 0 Å². The van der Waals surface area contributed by atoms with Crippen LogP contribution in [0.1, 0.15) is 46.7 Å². The van der Waals surface area contributed by atoms with E-state index in [2.05, 4.69) is 10.1 Å². The molecule has 32 heavy (non-hydrogen) atoms. The third kappa shape index (κ3) is 5.27. The summed E-state index contributed by atoms with van der Waals surface area (Å²) in [6, 6.07) is 8.14. The smallest absolute Gasteiger partial charge is 0.387 e. The van der Waals surface area contributed by atoms with Gasteiger partial charge in [-0.05, 0) is 48.4 Å². The number of esters is 1. The van der Waals surface area contributed by atoms with Gasteiger partial charge in [0.15, 0.2) is 11.5 Å². The molecule has 172 valence electrons. The SMILES string of the molecule is COC(=O)c1cc(OC)c(OC(F)F)cc1NC(=O)CC1CCCc2cc(OC)ccc21. The average molecular weight is 449 g/mol. The molecule has 0 saturated heterocycles. The molecule has 0 spiro atoms. The van der Waals surface area contributed by atoms with Gasteiger partial charge in [-0.3, -0.25) is 4.79 Å². The predicted octanol–water partition coefficient (Wildman–Crippen LogP) is 4.54. The minimum atomic E-state index is -3.10. The second-order valence-corrected chi connectivity index (χ2v) is 7.32. The van der Waals surface area contributed by atoms with Crippen molar-refractivity contribution in [3.8, 4) is 17.2 Å². The zero-order chi connectivity index (χ0) is 23.3. The Kier molecular flexibility index (Phi) is 7.50. The lowest BCUT2D eigenvalue weighted by Gasteiger charge is -2.25. The lowest BCUT2D eigenvalue weighted by molar-refractivity contribution is -0.116. The number of hydrogen-bond acceptors (Lipinski definition) is 6. The summed E-state index contributed by atoms with van der Waals surface area (Å²) in [7, 11) is 4.04. The predicted molar refractivity (Wildman–Crippen MR) is 113 cm³/mol. The molecule has 0 saturated carbocycles. The molecule has 0 aromatic heterocycles. The molecule has 1 N–H and O–H groups in total. The standard InChI is InChI=1S/C23H25F2NO6/c1-29-15-7-8-16-13(9-15)5-4-6-14(16)10-21(27)26-18-12-20(32-23(24)25)19(30-2)11-17(18)22(28)31-3/h7-9,11-12,14,23H,4-6,10H2,1-3H3,(H,26,27). The van der Waals surface area contributed by atoms with Gasteiger partial charge in [0.2, 0.25) is 5.91 Å². The van der Waals surface area contributed by atoms with Crippen molar-refractivity contribution < 1.29 is 37.3 Å². The summed E-state index contributed by atoms with van der Waals surface area (Å²) >= 11 is 0. The molecule has 9 heteroatoms. The van der Waals surface area contributed by atoms with Crippen molar-refractivity contribution in [2.24, 2.45) is 0 Å². The Morgan fingerprint density at radius 2 is 1.88 bits per heavy atom. The minimum absolute atomic E-state index is 0.00376. The normalized spacial score (nSPS) is 15.0. The number of alkyl halides is 2. The third-order valence-corrected chi connectivity index (χ3v) is 5.42. The first kappa shape index (κ1) is 23.3. The number of carbonyl (C=O) groups excluding carboxylic acids is 2. The van der Waals surface area contributed by atoms with E-state index in [9.17, 15) is 18.4 Å². The van der Waals surface area contributed by atoms with Gasteiger partial charge in [0, 0.05) is 18.6 Å². The number of methoxy groups -OCH3 is 3. The lowest BCUT2D eigenvalue weighted by atomic mass is 9.81. The number of anilines is 1. The summed E-state index contributed by atoms with van der Waals surface area (Å²) in [5.74, 6) is -0.753.